The minimum absolute atomic E-state index is 0.250. The number of hydrogen-bond acceptors (Lipinski definition) is 3. The van der Waals surface area contributed by atoms with E-state index in [-0.39, 0.29) is 5.91 Å². The normalized spacial score (nSPS) is 10.3. The molecule has 0 unspecified atom stereocenters. The van der Waals surface area contributed by atoms with Crippen molar-refractivity contribution in [2.45, 2.75) is 20.8 Å². The molecule has 0 atom stereocenters. The molecule has 88 valence electrons. The van der Waals surface area contributed by atoms with E-state index in [1.54, 1.807) is 6.92 Å². The van der Waals surface area contributed by atoms with E-state index in [1.165, 1.54) is 5.56 Å². The van der Waals surface area contributed by atoms with Crippen molar-refractivity contribution in [1.82, 2.24) is 15.4 Å². The summed E-state index contributed by atoms with van der Waals surface area (Å²) in [7, 11) is 0. The fourth-order valence-electron chi connectivity index (χ4n) is 1.51. The van der Waals surface area contributed by atoms with Crippen LogP contribution in [0.5, 0.6) is 0 Å². The summed E-state index contributed by atoms with van der Waals surface area (Å²) in [5, 5.41) is 12.8. The SMILES string of the molecule is Cc1ccc(NC(=O)c2n[nH]nc2C)cc1C. The molecule has 2 N–H and O–H groups in total. The number of nitrogens with one attached hydrogen (secondary N) is 2. The van der Waals surface area contributed by atoms with Gasteiger partial charge in [0.25, 0.3) is 5.91 Å². The van der Waals surface area contributed by atoms with E-state index in [0.717, 1.165) is 11.3 Å². The molecule has 1 amide bonds. The van der Waals surface area contributed by atoms with Crippen LogP contribution in [0.15, 0.2) is 18.2 Å². The fourth-order valence-corrected chi connectivity index (χ4v) is 1.51. The van der Waals surface area contributed by atoms with Gasteiger partial charge < -0.3 is 5.32 Å². The van der Waals surface area contributed by atoms with Crippen molar-refractivity contribution in [1.29, 1.82) is 0 Å². The van der Waals surface area contributed by atoms with Crippen LogP contribution in [0.2, 0.25) is 0 Å². The molecule has 5 nitrogen and oxygen atoms in total. The van der Waals surface area contributed by atoms with Crippen molar-refractivity contribution in [2.75, 3.05) is 5.32 Å². The van der Waals surface area contributed by atoms with Crippen molar-refractivity contribution >= 4 is 11.6 Å². The number of amides is 1. The van der Waals surface area contributed by atoms with Gasteiger partial charge in [-0.05, 0) is 44.0 Å². The van der Waals surface area contributed by atoms with Gasteiger partial charge in [-0.2, -0.15) is 15.4 Å². The third-order valence-electron chi connectivity index (χ3n) is 2.70. The van der Waals surface area contributed by atoms with Gasteiger partial charge >= 0.3 is 0 Å². The summed E-state index contributed by atoms with van der Waals surface area (Å²) >= 11 is 0. The molecule has 0 aliphatic carbocycles. The number of carbonyl (C=O) groups is 1. The summed E-state index contributed by atoms with van der Waals surface area (Å²) in [6.45, 7) is 5.77. The van der Waals surface area contributed by atoms with Crippen LogP contribution >= 0.6 is 0 Å². The Labute approximate surface area is 99.2 Å². The van der Waals surface area contributed by atoms with E-state index in [2.05, 4.69) is 20.7 Å². The number of H-pyrrole nitrogens is 1. The van der Waals surface area contributed by atoms with Crippen LogP contribution in [0.1, 0.15) is 27.3 Å². The second kappa shape index (κ2) is 4.37. The maximum atomic E-state index is 11.9. The Kier molecular flexibility index (Phi) is 2.91. The van der Waals surface area contributed by atoms with Crippen molar-refractivity contribution in [2.24, 2.45) is 0 Å². The highest BCUT2D eigenvalue weighted by Gasteiger charge is 2.13. The summed E-state index contributed by atoms with van der Waals surface area (Å²) in [6.07, 6.45) is 0. The number of aryl methyl sites for hydroxylation is 3. The smallest absolute Gasteiger partial charge is 0.278 e. The van der Waals surface area contributed by atoms with Gasteiger partial charge in [0.2, 0.25) is 0 Å². The molecule has 17 heavy (non-hydrogen) atoms. The number of benzene rings is 1. The predicted octanol–water partition coefficient (Wildman–Crippen LogP) is 1.98. The molecule has 1 aromatic heterocycles. The van der Waals surface area contributed by atoms with Crippen LogP contribution in [0.25, 0.3) is 0 Å². The first-order valence-electron chi connectivity index (χ1n) is 5.34. The molecule has 0 aliphatic heterocycles. The molecule has 0 bridgehead atoms. The van der Waals surface area contributed by atoms with Crippen LogP contribution in [0.3, 0.4) is 0 Å². The first-order valence-corrected chi connectivity index (χ1v) is 5.34. The molecule has 0 aliphatic rings. The average molecular weight is 230 g/mol. The van der Waals surface area contributed by atoms with Crippen LogP contribution in [0.4, 0.5) is 5.69 Å². The molecule has 0 saturated carbocycles. The van der Waals surface area contributed by atoms with Gasteiger partial charge in [0.15, 0.2) is 5.69 Å². The second-order valence-electron chi connectivity index (χ2n) is 4.01. The molecule has 0 fully saturated rings. The molecule has 0 saturated heterocycles. The molecule has 2 aromatic rings. The van der Waals surface area contributed by atoms with Gasteiger partial charge in [-0.1, -0.05) is 6.07 Å². The zero-order chi connectivity index (χ0) is 12.4. The van der Waals surface area contributed by atoms with Gasteiger partial charge in [0.05, 0.1) is 5.69 Å². The average Bonchev–Trinajstić information content (AvgIpc) is 2.70. The fraction of sp³-hybridized carbons (Fsp3) is 0.250. The quantitative estimate of drug-likeness (QED) is 0.828. The van der Waals surface area contributed by atoms with Crippen LogP contribution in [-0.2, 0) is 0 Å². The molecule has 2 rings (SSSR count). The lowest BCUT2D eigenvalue weighted by atomic mass is 10.1. The lowest BCUT2D eigenvalue weighted by Crippen LogP contribution is -2.13. The molecular formula is C12H14N4O. The van der Waals surface area contributed by atoms with Crippen molar-refractivity contribution in [3.63, 3.8) is 0 Å². The number of rotatable bonds is 2. The molecule has 0 radical (unpaired) electrons. The van der Waals surface area contributed by atoms with Gasteiger partial charge in [-0.25, -0.2) is 0 Å². The number of nitrogens with zero attached hydrogens (tertiary/aromatic N) is 2. The number of carbonyl (C=O) groups excluding carboxylic acids is 1. The van der Waals surface area contributed by atoms with E-state index < -0.39 is 0 Å². The Hall–Kier alpha value is -2.17. The van der Waals surface area contributed by atoms with E-state index in [1.807, 2.05) is 32.0 Å². The highest BCUT2D eigenvalue weighted by Crippen LogP contribution is 2.15. The summed E-state index contributed by atoms with van der Waals surface area (Å²) in [6, 6.07) is 5.78. The number of hydrogen-bond donors (Lipinski definition) is 2. The monoisotopic (exact) mass is 230 g/mol. The van der Waals surface area contributed by atoms with Crippen molar-refractivity contribution < 1.29 is 4.79 Å². The van der Waals surface area contributed by atoms with Gasteiger partial charge in [0.1, 0.15) is 0 Å². The van der Waals surface area contributed by atoms with Gasteiger partial charge in [-0.15, -0.1) is 0 Å². The first kappa shape index (κ1) is 11.3. The van der Waals surface area contributed by atoms with E-state index in [9.17, 15) is 4.79 Å². The third-order valence-corrected chi connectivity index (χ3v) is 2.70. The maximum absolute atomic E-state index is 11.9. The molecule has 0 spiro atoms. The van der Waals surface area contributed by atoms with Gasteiger partial charge in [0, 0.05) is 5.69 Å². The van der Waals surface area contributed by atoms with Crippen molar-refractivity contribution in [3.8, 4) is 0 Å². The number of aromatic amines is 1. The third kappa shape index (κ3) is 2.33. The van der Waals surface area contributed by atoms with Crippen molar-refractivity contribution in [3.05, 3.63) is 40.7 Å². The lowest BCUT2D eigenvalue weighted by molar-refractivity contribution is 0.102. The summed E-state index contributed by atoms with van der Waals surface area (Å²) in [5.74, 6) is -0.250. The Morgan fingerprint density at radius 2 is 1.94 bits per heavy atom. The van der Waals surface area contributed by atoms with Crippen LogP contribution in [-0.4, -0.2) is 21.3 Å². The summed E-state index contributed by atoms with van der Waals surface area (Å²) in [4.78, 5) is 11.9. The molecule has 5 heteroatoms. The van der Waals surface area contributed by atoms with Crippen LogP contribution in [0, 0.1) is 20.8 Å². The zero-order valence-corrected chi connectivity index (χ0v) is 10.0. The van der Waals surface area contributed by atoms with E-state index >= 15 is 0 Å². The molecular weight excluding hydrogens is 216 g/mol. The zero-order valence-electron chi connectivity index (χ0n) is 10.0. The maximum Gasteiger partial charge on any atom is 0.278 e. The lowest BCUT2D eigenvalue weighted by Gasteiger charge is -2.06. The highest BCUT2D eigenvalue weighted by atomic mass is 16.2. The largest absolute Gasteiger partial charge is 0.321 e. The second-order valence-corrected chi connectivity index (χ2v) is 4.01. The molecule has 1 heterocycles. The topological polar surface area (TPSA) is 70.7 Å². The Bertz CT molecular complexity index is 559. The standard InChI is InChI=1S/C12H14N4O/c1-7-4-5-10(6-8(7)2)13-12(17)11-9(3)14-16-15-11/h4-6H,1-3H3,(H,13,17)(H,14,15,16). The Morgan fingerprint density at radius 3 is 2.53 bits per heavy atom. The minimum atomic E-state index is -0.250. The number of anilines is 1. The minimum Gasteiger partial charge on any atom is -0.321 e. The highest BCUT2D eigenvalue weighted by molar-refractivity contribution is 6.03. The summed E-state index contributed by atoms with van der Waals surface area (Å²) in [5.41, 5.74) is 4.01. The first-order chi connectivity index (χ1) is 8.08. The van der Waals surface area contributed by atoms with E-state index in [0.29, 0.717) is 11.4 Å². The number of aromatic nitrogens is 3. The Morgan fingerprint density at radius 1 is 1.18 bits per heavy atom. The Balaban J connectivity index is 2.19. The van der Waals surface area contributed by atoms with E-state index in [4.69, 9.17) is 0 Å². The summed E-state index contributed by atoms with van der Waals surface area (Å²) < 4.78 is 0. The van der Waals surface area contributed by atoms with Crippen LogP contribution < -0.4 is 5.32 Å². The predicted molar refractivity (Wildman–Crippen MR) is 65.0 cm³/mol. The van der Waals surface area contributed by atoms with Gasteiger partial charge in [-0.3, -0.25) is 4.79 Å². The molecule has 1 aromatic carbocycles.